The zero-order valence-electron chi connectivity index (χ0n) is 25.2. The van der Waals surface area contributed by atoms with Crippen LogP contribution >= 0.6 is 0 Å². The van der Waals surface area contributed by atoms with Crippen molar-refractivity contribution >= 4 is 0 Å². The van der Waals surface area contributed by atoms with Crippen molar-refractivity contribution in [2.24, 2.45) is 5.41 Å². The van der Waals surface area contributed by atoms with Crippen molar-refractivity contribution in [1.82, 2.24) is 10.2 Å². The van der Waals surface area contributed by atoms with Gasteiger partial charge in [0.1, 0.15) is 29.7 Å². The number of hydrogen-bond donors (Lipinski definition) is 1. The molecule has 236 valence electrons. The van der Waals surface area contributed by atoms with Crippen LogP contribution in [-0.2, 0) is 13.0 Å². The van der Waals surface area contributed by atoms with E-state index in [0.717, 1.165) is 62.7 Å². The van der Waals surface area contributed by atoms with Crippen LogP contribution in [0.1, 0.15) is 79.7 Å². The molecule has 3 aromatic carbocycles. The molecule has 0 aromatic heterocycles. The van der Waals surface area contributed by atoms with Gasteiger partial charge in [-0.2, -0.15) is 0 Å². The maximum absolute atomic E-state index is 15.9. The number of hydrogen-bond acceptors (Lipinski definition) is 4. The molecule has 4 nitrogen and oxygen atoms in total. The summed E-state index contributed by atoms with van der Waals surface area (Å²) in [5.74, 6) is -0.771. The molecule has 1 spiro atoms. The van der Waals surface area contributed by atoms with E-state index in [-0.39, 0.29) is 24.0 Å². The van der Waals surface area contributed by atoms with Gasteiger partial charge in [0, 0.05) is 30.8 Å². The van der Waals surface area contributed by atoms with Gasteiger partial charge in [-0.25, -0.2) is 17.6 Å². The minimum atomic E-state index is -2.64. The molecule has 1 N–H and O–H groups in total. The van der Waals surface area contributed by atoms with E-state index < -0.39 is 30.6 Å². The summed E-state index contributed by atoms with van der Waals surface area (Å²) in [6, 6.07) is 16.6. The van der Waals surface area contributed by atoms with Gasteiger partial charge in [0.25, 0.3) is 6.43 Å². The van der Waals surface area contributed by atoms with Crippen molar-refractivity contribution in [3.8, 4) is 11.5 Å². The molecule has 3 aliphatic rings. The summed E-state index contributed by atoms with van der Waals surface area (Å²) in [6.45, 7) is 2.22. The molecule has 0 amide bonds. The lowest BCUT2D eigenvalue weighted by molar-refractivity contribution is 0.0684. The highest BCUT2D eigenvalue weighted by atomic mass is 19.3. The normalized spacial score (nSPS) is 24.5. The molecule has 6 rings (SSSR count). The van der Waals surface area contributed by atoms with Crippen molar-refractivity contribution in [3.05, 3.63) is 94.6 Å². The molecular weight excluding hydrogens is 568 g/mol. The first-order valence-corrected chi connectivity index (χ1v) is 16.1. The fraction of sp³-hybridized carbons (Fsp3) is 0.500. The second-order valence-corrected chi connectivity index (χ2v) is 12.8. The number of halogens is 4. The molecule has 1 saturated heterocycles. The quantitative estimate of drug-likeness (QED) is 0.261. The van der Waals surface area contributed by atoms with Crippen molar-refractivity contribution in [3.63, 3.8) is 0 Å². The lowest BCUT2D eigenvalue weighted by Crippen LogP contribution is -2.41. The SMILES string of the molecule is Fc1cc(OC2CCCC3(CCCNC3)CCC2)cc(F)c1C1c2ccc(OCc3ccccc3)cc2CCN1CC(F)F. The Labute approximate surface area is 257 Å². The first-order valence-electron chi connectivity index (χ1n) is 16.1. The monoisotopic (exact) mass is 610 g/mol. The van der Waals surface area contributed by atoms with E-state index in [2.05, 4.69) is 5.32 Å². The standard InChI is InChI=1S/C36H42F4N2O2/c37-31-20-29(44-27-9-4-14-36(15-5-10-27)16-6-17-41-24-36)21-32(38)34(31)35-30-12-11-28(43-23-25-7-2-1-3-8-25)19-26(30)13-18-42(35)22-33(39)40/h1-3,7-8,11-12,19-21,27,33,35,41H,4-6,9-10,13-18,22-24H2. The van der Waals surface area contributed by atoms with Crippen LogP contribution in [0.2, 0.25) is 0 Å². The first-order chi connectivity index (χ1) is 21.4. The molecule has 2 heterocycles. The van der Waals surface area contributed by atoms with E-state index in [9.17, 15) is 8.78 Å². The molecule has 1 unspecified atom stereocenters. The van der Waals surface area contributed by atoms with Crippen LogP contribution in [-0.4, -0.2) is 43.6 Å². The maximum atomic E-state index is 15.9. The summed E-state index contributed by atoms with van der Waals surface area (Å²) in [5.41, 5.74) is 2.62. The van der Waals surface area contributed by atoms with Crippen LogP contribution in [0.15, 0.2) is 60.7 Å². The number of nitrogens with zero attached hydrogens (tertiary/aromatic N) is 1. The van der Waals surface area contributed by atoms with E-state index in [1.165, 1.54) is 29.9 Å². The molecule has 8 heteroatoms. The lowest BCUT2D eigenvalue weighted by atomic mass is 9.71. The summed E-state index contributed by atoms with van der Waals surface area (Å²) in [6.07, 6.45) is 6.24. The zero-order chi connectivity index (χ0) is 30.5. The molecule has 1 aliphatic carbocycles. The Kier molecular flexibility index (Phi) is 9.77. The van der Waals surface area contributed by atoms with E-state index in [0.29, 0.717) is 29.8 Å². The number of benzene rings is 3. The van der Waals surface area contributed by atoms with Crippen LogP contribution in [0.25, 0.3) is 0 Å². The Bertz CT molecular complexity index is 1360. The Morgan fingerprint density at radius 3 is 2.30 bits per heavy atom. The molecule has 2 aliphatic heterocycles. The second kappa shape index (κ2) is 13.9. The smallest absolute Gasteiger partial charge is 0.251 e. The molecule has 1 saturated carbocycles. The van der Waals surface area contributed by atoms with Crippen LogP contribution < -0.4 is 14.8 Å². The largest absolute Gasteiger partial charge is 0.490 e. The number of nitrogens with one attached hydrogen (secondary N) is 1. The third-order valence-electron chi connectivity index (χ3n) is 9.72. The molecule has 44 heavy (non-hydrogen) atoms. The number of alkyl halides is 2. The Balaban J connectivity index is 1.20. The Hall–Kier alpha value is -3.10. The van der Waals surface area contributed by atoms with Crippen molar-refractivity contribution in [2.45, 2.75) is 83.0 Å². The predicted molar refractivity (Wildman–Crippen MR) is 163 cm³/mol. The number of fused-ring (bicyclic) bond motifs is 1. The molecular formula is C36H42F4N2O2. The second-order valence-electron chi connectivity index (χ2n) is 12.8. The van der Waals surface area contributed by atoms with E-state index in [4.69, 9.17) is 9.47 Å². The van der Waals surface area contributed by atoms with Gasteiger partial charge in [-0.3, -0.25) is 4.90 Å². The third kappa shape index (κ3) is 7.23. The third-order valence-corrected chi connectivity index (χ3v) is 9.72. The molecule has 2 fully saturated rings. The van der Waals surface area contributed by atoms with Crippen molar-refractivity contribution < 1.29 is 27.0 Å². The number of ether oxygens (including phenoxy) is 2. The lowest BCUT2D eigenvalue weighted by Gasteiger charge is -2.40. The summed E-state index contributed by atoms with van der Waals surface area (Å²) in [4.78, 5) is 1.48. The fourth-order valence-corrected chi connectivity index (χ4v) is 7.53. The summed E-state index contributed by atoms with van der Waals surface area (Å²) in [5, 5.41) is 3.56. The average Bonchev–Trinajstić information content (AvgIpc) is 3.00. The van der Waals surface area contributed by atoms with Gasteiger partial charge >= 0.3 is 0 Å². The molecule has 0 radical (unpaired) electrons. The van der Waals surface area contributed by atoms with E-state index >= 15 is 8.78 Å². The first kappa shape index (κ1) is 30.9. The summed E-state index contributed by atoms with van der Waals surface area (Å²) >= 11 is 0. The minimum Gasteiger partial charge on any atom is -0.490 e. The Morgan fingerprint density at radius 1 is 0.886 bits per heavy atom. The van der Waals surface area contributed by atoms with Gasteiger partial charge in [0.2, 0.25) is 0 Å². The van der Waals surface area contributed by atoms with Gasteiger partial charge in [-0.15, -0.1) is 0 Å². The topological polar surface area (TPSA) is 33.7 Å². The van der Waals surface area contributed by atoms with Gasteiger partial charge in [0.15, 0.2) is 0 Å². The van der Waals surface area contributed by atoms with Crippen molar-refractivity contribution in [1.29, 1.82) is 0 Å². The van der Waals surface area contributed by atoms with Gasteiger partial charge < -0.3 is 14.8 Å². The highest BCUT2D eigenvalue weighted by molar-refractivity contribution is 5.46. The zero-order valence-corrected chi connectivity index (χ0v) is 25.2. The van der Waals surface area contributed by atoms with Crippen LogP contribution in [0, 0.1) is 17.0 Å². The number of rotatable bonds is 8. The number of piperidine rings is 1. The maximum Gasteiger partial charge on any atom is 0.251 e. The van der Waals surface area contributed by atoms with Crippen molar-refractivity contribution in [2.75, 3.05) is 26.2 Å². The summed E-state index contributed by atoms with van der Waals surface area (Å²) < 4.78 is 71.1. The molecule has 1 atom stereocenters. The Morgan fingerprint density at radius 2 is 1.61 bits per heavy atom. The highest BCUT2D eigenvalue weighted by Gasteiger charge is 2.36. The van der Waals surface area contributed by atoms with E-state index in [1.54, 1.807) is 12.1 Å². The van der Waals surface area contributed by atoms with Gasteiger partial charge in [-0.1, -0.05) is 36.4 Å². The molecule has 3 aromatic rings. The van der Waals surface area contributed by atoms with Crippen LogP contribution in [0.3, 0.4) is 0 Å². The van der Waals surface area contributed by atoms with Gasteiger partial charge in [0.05, 0.1) is 18.7 Å². The minimum absolute atomic E-state index is 0.103. The van der Waals surface area contributed by atoms with E-state index in [1.807, 2.05) is 36.4 Å². The fourth-order valence-electron chi connectivity index (χ4n) is 7.53. The predicted octanol–water partition coefficient (Wildman–Crippen LogP) is 8.23. The van der Waals surface area contributed by atoms with Gasteiger partial charge in [-0.05, 0) is 98.6 Å². The molecule has 0 bridgehead atoms. The average molecular weight is 611 g/mol. The highest BCUT2D eigenvalue weighted by Crippen LogP contribution is 2.42. The van der Waals surface area contributed by atoms with Crippen LogP contribution in [0.4, 0.5) is 17.6 Å². The summed E-state index contributed by atoms with van der Waals surface area (Å²) in [7, 11) is 0. The van der Waals surface area contributed by atoms with Crippen LogP contribution in [0.5, 0.6) is 11.5 Å².